The maximum Gasteiger partial charge on any atom is 0.305 e. The van der Waals surface area contributed by atoms with Gasteiger partial charge in [0, 0.05) is 17.7 Å². The van der Waals surface area contributed by atoms with Crippen molar-refractivity contribution in [1.82, 2.24) is 0 Å². The molecular formula is C20H29ClO4. The molecule has 1 aliphatic rings. The second-order valence-electron chi connectivity index (χ2n) is 6.94. The Kier molecular flexibility index (Phi) is 8.20. The molecule has 25 heavy (non-hydrogen) atoms. The Labute approximate surface area is 155 Å². The molecule has 0 saturated heterocycles. The topological polar surface area (TPSA) is 66.8 Å². The van der Waals surface area contributed by atoms with E-state index >= 15 is 0 Å². The van der Waals surface area contributed by atoms with E-state index in [0.717, 1.165) is 43.2 Å². The van der Waals surface area contributed by atoms with Crippen molar-refractivity contribution in [2.45, 2.75) is 69.0 Å². The number of aliphatic hydroxyl groups is 2. The molecule has 1 saturated carbocycles. The summed E-state index contributed by atoms with van der Waals surface area (Å²) in [5.41, 5.74) is 1.98. The van der Waals surface area contributed by atoms with Crippen LogP contribution in [0.5, 0.6) is 0 Å². The van der Waals surface area contributed by atoms with Gasteiger partial charge in [0.1, 0.15) is 0 Å². The Bertz CT molecular complexity index is 531. The van der Waals surface area contributed by atoms with E-state index in [1.807, 2.05) is 24.3 Å². The van der Waals surface area contributed by atoms with E-state index in [4.69, 9.17) is 11.6 Å². The molecule has 2 N–H and O–H groups in total. The van der Waals surface area contributed by atoms with Crippen LogP contribution in [0.15, 0.2) is 24.3 Å². The molecular weight excluding hydrogens is 340 g/mol. The van der Waals surface area contributed by atoms with E-state index in [2.05, 4.69) is 4.74 Å². The van der Waals surface area contributed by atoms with E-state index in [1.165, 1.54) is 7.11 Å². The number of alkyl halides is 1. The molecule has 0 aliphatic heterocycles. The molecule has 140 valence electrons. The molecule has 0 spiro atoms. The lowest BCUT2D eigenvalue weighted by Crippen LogP contribution is -2.19. The number of rotatable bonds is 9. The van der Waals surface area contributed by atoms with Crippen LogP contribution < -0.4 is 0 Å². The van der Waals surface area contributed by atoms with Crippen molar-refractivity contribution in [1.29, 1.82) is 0 Å². The lowest BCUT2D eigenvalue weighted by molar-refractivity contribution is -0.140. The summed E-state index contributed by atoms with van der Waals surface area (Å²) >= 11 is 6.52. The van der Waals surface area contributed by atoms with Crippen molar-refractivity contribution in [2.24, 2.45) is 5.92 Å². The number of ether oxygens (including phenoxy) is 1. The Morgan fingerprint density at radius 1 is 1.20 bits per heavy atom. The first kappa shape index (κ1) is 20.2. The number of unbranched alkanes of at least 4 members (excludes halogenated alkanes) is 3. The summed E-state index contributed by atoms with van der Waals surface area (Å²) in [6, 6.07) is 7.82. The van der Waals surface area contributed by atoms with Gasteiger partial charge in [0.2, 0.25) is 0 Å². The van der Waals surface area contributed by atoms with Gasteiger partial charge in [0.25, 0.3) is 0 Å². The zero-order valence-electron chi connectivity index (χ0n) is 14.9. The highest BCUT2D eigenvalue weighted by molar-refractivity contribution is 6.21. The first-order chi connectivity index (χ1) is 12.1. The van der Waals surface area contributed by atoms with Crippen LogP contribution in [0.1, 0.15) is 62.0 Å². The molecule has 5 heteroatoms. The van der Waals surface area contributed by atoms with E-state index in [9.17, 15) is 15.0 Å². The molecule has 0 aromatic heterocycles. The highest BCUT2D eigenvalue weighted by Crippen LogP contribution is 2.45. The molecule has 4 atom stereocenters. The molecule has 0 bridgehead atoms. The third-order valence-electron chi connectivity index (χ3n) is 5.25. The summed E-state index contributed by atoms with van der Waals surface area (Å²) < 4.78 is 4.64. The summed E-state index contributed by atoms with van der Waals surface area (Å²) in [5, 5.41) is 19.6. The minimum atomic E-state index is -0.410. The predicted octanol–water partition coefficient (Wildman–Crippen LogP) is 3.76. The summed E-state index contributed by atoms with van der Waals surface area (Å²) in [6.07, 6.45) is 5.65. The van der Waals surface area contributed by atoms with Gasteiger partial charge >= 0.3 is 5.97 Å². The first-order valence-corrected chi connectivity index (χ1v) is 9.59. The van der Waals surface area contributed by atoms with E-state index in [-0.39, 0.29) is 29.8 Å². The molecule has 1 fully saturated rings. The average Bonchev–Trinajstić information content (AvgIpc) is 2.91. The minimum Gasteiger partial charge on any atom is -0.469 e. The van der Waals surface area contributed by atoms with Gasteiger partial charge in [-0.3, -0.25) is 4.79 Å². The lowest BCUT2D eigenvalue weighted by atomic mass is 9.84. The van der Waals surface area contributed by atoms with Crippen molar-refractivity contribution in [3.05, 3.63) is 35.4 Å². The Hall–Kier alpha value is -1.10. The normalized spacial score (nSPS) is 25.9. The molecule has 1 aromatic carbocycles. The standard InChI is InChI=1S/C20H29ClO4/c1-25-19(24)7-5-3-2-4-6-16-17(21)12-18(23)20(16)15-10-8-14(13-22)9-11-15/h8-11,16-18,20,22-23H,2-7,12-13H2,1H3/t16-,17+,18+,20?/m0/s1. The maximum absolute atomic E-state index is 11.1. The molecule has 0 heterocycles. The van der Waals surface area contributed by atoms with E-state index in [0.29, 0.717) is 12.8 Å². The van der Waals surface area contributed by atoms with Crippen LogP contribution in [0.25, 0.3) is 0 Å². The number of hydrogen-bond acceptors (Lipinski definition) is 4. The highest BCUT2D eigenvalue weighted by atomic mass is 35.5. The number of methoxy groups -OCH3 is 1. The molecule has 1 aliphatic carbocycles. The molecule has 1 aromatic rings. The molecule has 4 nitrogen and oxygen atoms in total. The number of esters is 1. The van der Waals surface area contributed by atoms with Gasteiger partial charge in [0.15, 0.2) is 0 Å². The number of hydrogen-bond donors (Lipinski definition) is 2. The largest absolute Gasteiger partial charge is 0.469 e. The van der Waals surface area contributed by atoms with Gasteiger partial charge < -0.3 is 14.9 Å². The van der Waals surface area contributed by atoms with Gasteiger partial charge in [-0.1, -0.05) is 43.5 Å². The fraction of sp³-hybridized carbons (Fsp3) is 0.650. The molecule has 1 unspecified atom stereocenters. The van der Waals surface area contributed by atoms with Crippen LogP contribution in [0.4, 0.5) is 0 Å². The van der Waals surface area contributed by atoms with Crippen LogP contribution in [-0.4, -0.2) is 34.8 Å². The number of benzene rings is 1. The van der Waals surface area contributed by atoms with Crippen LogP contribution >= 0.6 is 11.6 Å². The van der Waals surface area contributed by atoms with Gasteiger partial charge in [-0.15, -0.1) is 11.6 Å². The second kappa shape index (κ2) is 10.1. The fourth-order valence-electron chi connectivity index (χ4n) is 3.84. The lowest BCUT2D eigenvalue weighted by Gasteiger charge is -2.24. The van der Waals surface area contributed by atoms with E-state index < -0.39 is 6.10 Å². The summed E-state index contributed by atoms with van der Waals surface area (Å²) in [6.45, 7) is 0.0284. The summed E-state index contributed by atoms with van der Waals surface area (Å²) in [4.78, 5) is 11.1. The number of halogens is 1. The number of carbonyl (C=O) groups excluding carboxylic acids is 1. The van der Waals surface area contributed by atoms with Crippen LogP contribution in [0.2, 0.25) is 0 Å². The van der Waals surface area contributed by atoms with Crippen molar-refractivity contribution in [3.63, 3.8) is 0 Å². The van der Waals surface area contributed by atoms with Gasteiger partial charge in [-0.25, -0.2) is 0 Å². The smallest absolute Gasteiger partial charge is 0.305 e. The summed E-state index contributed by atoms with van der Waals surface area (Å²) in [7, 11) is 1.42. The number of carbonyl (C=O) groups is 1. The Balaban J connectivity index is 1.85. The van der Waals surface area contributed by atoms with Gasteiger partial charge in [-0.05, 0) is 36.3 Å². The third-order valence-corrected chi connectivity index (χ3v) is 5.75. The number of aliphatic hydroxyl groups excluding tert-OH is 2. The summed E-state index contributed by atoms with van der Waals surface area (Å²) in [5.74, 6) is 0.175. The quantitative estimate of drug-likeness (QED) is 0.395. The zero-order valence-corrected chi connectivity index (χ0v) is 15.6. The van der Waals surface area contributed by atoms with E-state index in [1.54, 1.807) is 0 Å². The van der Waals surface area contributed by atoms with Crippen LogP contribution in [0.3, 0.4) is 0 Å². The maximum atomic E-state index is 11.1. The molecule has 2 rings (SSSR count). The average molecular weight is 369 g/mol. The first-order valence-electron chi connectivity index (χ1n) is 9.15. The van der Waals surface area contributed by atoms with Crippen molar-refractivity contribution < 1.29 is 19.7 Å². The van der Waals surface area contributed by atoms with Crippen LogP contribution in [0, 0.1) is 5.92 Å². The zero-order chi connectivity index (χ0) is 18.2. The SMILES string of the molecule is COC(=O)CCCCCC[C@@H]1C(c2ccc(CO)cc2)[C@H](O)C[C@H]1Cl. The van der Waals surface area contributed by atoms with Crippen molar-refractivity contribution in [2.75, 3.05) is 7.11 Å². The fourth-order valence-corrected chi connectivity index (χ4v) is 4.31. The molecule has 0 amide bonds. The van der Waals surface area contributed by atoms with Crippen LogP contribution in [-0.2, 0) is 16.1 Å². The minimum absolute atomic E-state index is 0.00686. The van der Waals surface area contributed by atoms with Crippen molar-refractivity contribution >= 4 is 17.6 Å². The van der Waals surface area contributed by atoms with Crippen molar-refractivity contribution in [3.8, 4) is 0 Å². The monoisotopic (exact) mass is 368 g/mol. The third kappa shape index (κ3) is 5.70. The Morgan fingerprint density at radius 2 is 1.88 bits per heavy atom. The molecule has 0 radical (unpaired) electrons. The highest BCUT2D eigenvalue weighted by Gasteiger charge is 2.41. The Morgan fingerprint density at radius 3 is 2.52 bits per heavy atom. The van der Waals surface area contributed by atoms with Gasteiger partial charge in [-0.2, -0.15) is 0 Å². The predicted molar refractivity (Wildman–Crippen MR) is 98.6 cm³/mol. The van der Waals surface area contributed by atoms with Gasteiger partial charge in [0.05, 0.1) is 19.8 Å². The second-order valence-corrected chi connectivity index (χ2v) is 7.50.